The zero-order valence-electron chi connectivity index (χ0n) is 18.2. The van der Waals surface area contributed by atoms with Gasteiger partial charge in [-0.2, -0.15) is 4.98 Å². The van der Waals surface area contributed by atoms with E-state index in [1.165, 1.54) is 12.8 Å². The maximum absolute atomic E-state index is 5.58. The Morgan fingerprint density at radius 2 is 1.87 bits per heavy atom. The molecular weight excluding hydrogens is 390 g/mol. The molecule has 31 heavy (non-hydrogen) atoms. The van der Waals surface area contributed by atoms with Crippen LogP contribution in [-0.4, -0.2) is 58.7 Å². The molecule has 0 aliphatic carbocycles. The summed E-state index contributed by atoms with van der Waals surface area (Å²) in [7, 11) is 3.85. The van der Waals surface area contributed by atoms with E-state index < -0.39 is 0 Å². The fraction of sp³-hybridized carbons (Fsp3) is 0.458. The quantitative estimate of drug-likeness (QED) is 0.623. The molecule has 2 aliphatic rings. The van der Waals surface area contributed by atoms with Crippen LogP contribution in [-0.2, 0) is 6.54 Å². The highest BCUT2D eigenvalue weighted by molar-refractivity contribution is 5.52. The summed E-state index contributed by atoms with van der Waals surface area (Å²) in [6.45, 7) is 4.12. The molecular formula is C24H29N5O2. The molecule has 2 fully saturated rings. The van der Waals surface area contributed by atoms with Crippen LogP contribution in [0.15, 0.2) is 53.1 Å². The molecule has 2 saturated heterocycles. The van der Waals surface area contributed by atoms with Crippen molar-refractivity contribution < 1.29 is 9.26 Å². The average Bonchev–Trinajstić information content (AvgIpc) is 3.41. The van der Waals surface area contributed by atoms with Gasteiger partial charge in [-0.1, -0.05) is 29.4 Å². The van der Waals surface area contributed by atoms with Crippen LogP contribution in [0.4, 0.5) is 0 Å². The van der Waals surface area contributed by atoms with Crippen molar-refractivity contribution in [3.8, 4) is 17.3 Å². The summed E-state index contributed by atoms with van der Waals surface area (Å²) in [6.07, 6.45) is 3.45. The van der Waals surface area contributed by atoms with Crippen LogP contribution >= 0.6 is 0 Å². The summed E-state index contributed by atoms with van der Waals surface area (Å²) in [6, 6.07) is 16.2. The lowest BCUT2D eigenvalue weighted by Crippen LogP contribution is -2.41. The molecule has 3 aromatic rings. The van der Waals surface area contributed by atoms with E-state index in [1.54, 1.807) is 7.11 Å². The van der Waals surface area contributed by atoms with Crippen molar-refractivity contribution in [1.29, 1.82) is 0 Å². The van der Waals surface area contributed by atoms with Crippen molar-refractivity contribution in [2.75, 3.05) is 33.8 Å². The Bertz CT molecular complexity index is 1010. The van der Waals surface area contributed by atoms with Gasteiger partial charge in [0, 0.05) is 24.7 Å². The minimum absolute atomic E-state index is 0.216. The van der Waals surface area contributed by atoms with Gasteiger partial charge < -0.3 is 9.26 Å². The number of hydrogen-bond acceptors (Lipinski definition) is 7. The lowest BCUT2D eigenvalue weighted by molar-refractivity contribution is 0.104. The molecule has 0 amide bonds. The zero-order chi connectivity index (χ0) is 21.3. The Hall–Kier alpha value is -2.77. The van der Waals surface area contributed by atoms with E-state index >= 15 is 0 Å². The van der Waals surface area contributed by atoms with Gasteiger partial charge in [0.25, 0.3) is 5.89 Å². The van der Waals surface area contributed by atoms with Gasteiger partial charge in [0.1, 0.15) is 0 Å². The fourth-order valence-corrected chi connectivity index (χ4v) is 5.06. The Morgan fingerprint density at radius 1 is 1.06 bits per heavy atom. The van der Waals surface area contributed by atoms with E-state index in [2.05, 4.69) is 33.1 Å². The zero-order valence-corrected chi connectivity index (χ0v) is 18.2. The molecule has 162 valence electrons. The van der Waals surface area contributed by atoms with Crippen molar-refractivity contribution in [3.05, 3.63) is 60.0 Å². The number of methoxy groups -OCH3 is 1. The van der Waals surface area contributed by atoms with Crippen molar-refractivity contribution >= 4 is 0 Å². The third kappa shape index (κ3) is 4.20. The van der Waals surface area contributed by atoms with Crippen LogP contribution < -0.4 is 4.74 Å². The predicted octanol–water partition coefficient (Wildman–Crippen LogP) is 3.80. The first-order valence-corrected chi connectivity index (χ1v) is 11.0. The van der Waals surface area contributed by atoms with Gasteiger partial charge in [-0.15, -0.1) is 0 Å². The second-order valence-electron chi connectivity index (χ2n) is 8.91. The molecule has 5 rings (SSSR count). The lowest BCUT2D eigenvalue weighted by atomic mass is 9.76. The lowest BCUT2D eigenvalue weighted by Gasteiger charge is -2.39. The summed E-state index contributed by atoms with van der Waals surface area (Å²) < 4.78 is 10.8. The SMILES string of the molecule is COc1cccc(CN2CCC3(CC2)CC(c2noc(-c4ccccc4)n2)N(C)C3)n1. The normalized spacial score (nSPS) is 21.5. The van der Waals surface area contributed by atoms with E-state index in [9.17, 15) is 0 Å². The van der Waals surface area contributed by atoms with Gasteiger partial charge in [-0.05, 0) is 63.0 Å². The monoisotopic (exact) mass is 419 g/mol. The third-order valence-corrected chi connectivity index (χ3v) is 6.80. The maximum Gasteiger partial charge on any atom is 0.257 e. The molecule has 0 N–H and O–H groups in total. The van der Waals surface area contributed by atoms with Crippen molar-refractivity contribution in [3.63, 3.8) is 0 Å². The average molecular weight is 420 g/mol. The third-order valence-electron chi connectivity index (χ3n) is 6.80. The number of rotatable bonds is 5. The molecule has 0 bridgehead atoms. The fourth-order valence-electron chi connectivity index (χ4n) is 5.06. The number of nitrogens with zero attached hydrogens (tertiary/aromatic N) is 5. The molecule has 1 unspecified atom stereocenters. The van der Waals surface area contributed by atoms with Gasteiger partial charge in [-0.25, -0.2) is 4.98 Å². The van der Waals surface area contributed by atoms with Gasteiger partial charge in [0.15, 0.2) is 5.82 Å². The number of aromatic nitrogens is 3. The number of piperidine rings is 1. The molecule has 2 aliphatic heterocycles. The summed E-state index contributed by atoms with van der Waals surface area (Å²) in [5.74, 6) is 2.09. The molecule has 1 aromatic carbocycles. The molecule has 0 saturated carbocycles. The minimum Gasteiger partial charge on any atom is -0.481 e. The highest BCUT2D eigenvalue weighted by atomic mass is 16.5. The molecule has 4 heterocycles. The topological polar surface area (TPSA) is 67.5 Å². The van der Waals surface area contributed by atoms with Crippen LogP contribution in [0.3, 0.4) is 0 Å². The molecule has 7 nitrogen and oxygen atoms in total. The number of pyridine rings is 1. The van der Waals surface area contributed by atoms with E-state index in [0.29, 0.717) is 17.2 Å². The standard InChI is InChI=1S/C24H29N5O2/c1-28-17-24(11-13-29(14-12-24)16-19-9-6-10-21(25-19)30-2)15-20(28)22-26-23(31-27-22)18-7-4-3-5-8-18/h3-10,20H,11-17H2,1-2H3. The van der Waals surface area contributed by atoms with Crippen LogP contribution in [0.5, 0.6) is 5.88 Å². The highest BCUT2D eigenvalue weighted by Gasteiger charge is 2.46. The molecule has 0 radical (unpaired) electrons. The van der Waals surface area contributed by atoms with Gasteiger partial charge >= 0.3 is 0 Å². The first-order valence-electron chi connectivity index (χ1n) is 11.0. The van der Waals surface area contributed by atoms with Gasteiger partial charge in [0.05, 0.1) is 18.8 Å². The summed E-state index contributed by atoms with van der Waals surface area (Å²) >= 11 is 0. The second kappa shape index (κ2) is 8.40. The predicted molar refractivity (Wildman–Crippen MR) is 117 cm³/mol. The first kappa shape index (κ1) is 20.2. The minimum atomic E-state index is 0.216. The van der Waals surface area contributed by atoms with Crippen LogP contribution in [0, 0.1) is 5.41 Å². The highest BCUT2D eigenvalue weighted by Crippen LogP contribution is 2.48. The Balaban J connectivity index is 1.22. The van der Waals surface area contributed by atoms with Crippen molar-refractivity contribution in [2.45, 2.75) is 31.8 Å². The molecule has 1 atom stereocenters. The molecule has 7 heteroatoms. The van der Waals surface area contributed by atoms with E-state index in [1.807, 2.05) is 42.5 Å². The van der Waals surface area contributed by atoms with E-state index in [-0.39, 0.29) is 6.04 Å². The van der Waals surface area contributed by atoms with E-state index in [0.717, 1.165) is 49.7 Å². The second-order valence-corrected chi connectivity index (χ2v) is 8.91. The van der Waals surface area contributed by atoms with Gasteiger partial charge in [0.2, 0.25) is 5.88 Å². The summed E-state index contributed by atoms with van der Waals surface area (Å²) in [4.78, 5) is 14.2. The number of likely N-dealkylation sites (tertiary alicyclic amines) is 2. The first-order chi connectivity index (χ1) is 15.1. The Labute approximate surface area is 183 Å². The van der Waals surface area contributed by atoms with Crippen LogP contribution in [0.25, 0.3) is 11.5 Å². The molecule has 1 spiro atoms. The van der Waals surface area contributed by atoms with E-state index in [4.69, 9.17) is 14.2 Å². The van der Waals surface area contributed by atoms with Crippen molar-refractivity contribution in [2.24, 2.45) is 5.41 Å². The number of benzene rings is 1. The largest absolute Gasteiger partial charge is 0.481 e. The Morgan fingerprint density at radius 3 is 2.65 bits per heavy atom. The Kier molecular flexibility index (Phi) is 5.46. The number of hydrogen-bond donors (Lipinski definition) is 0. The van der Waals surface area contributed by atoms with Crippen LogP contribution in [0.2, 0.25) is 0 Å². The summed E-state index contributed by atoms with van der Waals surface area (Å²) in [5.41, 5.74) is 2.36. The number of ether oxygens (including phenoxy) is 1. The molecule has 2 aromatic heterocycles. The van der Waals surface area contributed by atoms with Crippen molar-refractivity contribution in [1.82, 2.24) is 24.9 Å². The maximum atomic E-state index is 5.58. The van der Waals surface area contributed by atoms with Gasteiger partial charge in [-0.3, -0.25) is 9.80 Å². The summed E-state index contributed by atoms with van der Waals surface area (Å²) in [5, 5.41) is 4.33. The smallest absolute Gasteiger partial charge is 0.257 e. The van der Waals surface area contributed by atoms with Crippen LogP contribution in [0.1, 0.15) is 36.8 Å².